The zero-order chi connectivity index (χ0) is 9.80. The summed E-state index contributed by atoms with van der Waals surface area (Å²) in [5.41, 5.74) is 1.03. The van der Waals surface area contributed by atoms with E-state index in [1.54, 1.807) is 6.20 Å². The lowest BCUT2D eigenvalue weighted by molar-refractivity contribution is 0.166. The molecular formula is C11H18Cl2N2O. The van der Waals surface area contributed by atoms with E-state index in [0.717, 1.165) is 31.0 Å². The number of piperidine rings is 1. The highest BCUT2D eigenvalue weighted by Crippen LogP contribution is 2.14. The molecular weight excluding hydrogens is 247 g/mol. The highest BCUT2D eigenvalue weighted by Gasteiger charge is 2.13. The quantitative estimate of drug-likeness (QED) is 0.891. The summed E-state index contributed by atoms with van der Waals surface area (Å²) < 4.78 is 5.79. The lowest BCUT2D eigenvalue weighted by Gasteiger charge is -2.23. The Morgan fingerprint density at radius 2 is 2.19 bits per heavy atom. The summed E-state index contributed by atoms with van der Waals surface area (Å²) in [6, 6.07) is 3.96. The van der Waals surface area contributed by atoms with Crippen LogP contribution in [-0.2, 0) is 0 Å². The number of halogens is 2. The van der Waals surface area contributed by atoms with E-state index in [0.29, 0.717) is 6.10 Å². The highest BCUT2D eigenvalue weighted by atomic mass is 35.5. The van der Waals surface area contributed by atoms with Gasteiger partial charge < -0.3 is 10.1 Å². The van der Waals surface area contributed by atoms with E-state index in [1.165, 1.54) is 6.42 Å². The predicted molar refractivity (Wildman–Crippen MR) is 70.0 cm³/mol. The second-order valence-corrected chi connectivity index (χ2v) is 3.72. The summed E-state index contributed by atoms with van der Waals surface area (Å²) in [5, 5.41) is 3.32. The normalized spacial score (nSPS) is 19.2. The SMILES string of the molecule is Cc1ccc(OC2CCCNC2)cn1.Cl.Cl. The molecule has 1 fully saturated rings. The third-order valence-electron chi connectivity index (χ3n) is 2.44. The van der Waals surface area contributed by atoms with Crippen LogP contribution in [0, 0.1) is 6.92 Å². The smallest absolute Gasteiger partial charge is 0.138 e. The lowest BCUT2D eigenvalue weighted by atomic mass is 10.1. The van der Waals surface area contributed by atoms with E-state index in [2.05, 4.69) is 10.3 Å². The van der Waals surface area contributed by atoms with Gasteiger partial charge in [-0.3, -0.25) is 4.98 Å². The Bertz CT molecular complexity index is 287. The van der Waals surface area contributed by atoms with E-state index < -0.39 is 0 Å². The van der Waals surface area contributed by atoms with Crippen LogP contribution in [0.2, 0.25) is 0 Å². The van der Waals surface area contributed by atoms with E-state index >= 15 is 0 Å². The second-order valence-electron chi connectivity index (χ2n) is 3.72. The number of aryl methyl sites for hydroxylation is 1. The largest absolute Gasteiger partial charge is 0.487 e. The van der Waals surface area contributed by atoms with Gasteiger partial charge in [0.1, 0.15) is 11.9 Å². The van der Waals surface area contributed by atoms with Crippen LogP contribution in [0.3, 0.4) is 0 Å². The van der Waals surface area contributed by atoms with E-state index in [9.17, 15) is 0 Å². The predicted octanol–water partition coefficient (Wildman–Crippen LogP) is 2.36. The number of pyridine rings is 1. The van der Waals surface area contributed by atoms with Crippen molar-refractivity contribution in [2.45, 2.75) is 25.9 Å². The fourth-order valence-electron chi connectivity index (χ4n) is 1.64. The Labute approximate surface area is 109 Å². The van der Waals surface area contributed by atoms with Gasteiger partial charge in [0.05, 0.1) is 6.20 Å². The molecule has 1 aromatic heterocycles. The molecule has 5 heteroatoms. The summed E-state index contributed by atoms with van der Waals surface area (Å²) in [6.07, 6.45) is 4.45. The zero-order valence-corrected chi connectivity index (χ0v) is 10.9. The molecule has 92 valence electrons. The number of hydrogen-bond acceptors (Lipinski definition) is 3. The van der Waals surface area contributed by atoms with Crippen LogP contribution >= 0.6 is 24.8 Å². The summed E-state index contributed by atoms with van der Waals surface area (Å²) in [5.74, 6) is 0.879. The van der Waals surface area contributed by atoms with Crippen LogP contribution in [0.25, 0.3) is 0 Å². The molecule has 0 aliphatic carbocycles. The number of nitrogens with zero attached hydrogens (tertiary/aromatic N) is 1. The molecule has 0 spiro atoms. The average Bonchev–Trinajstić information content (AvgIpc) is 2.23. The Hall–Kier alpha value is -0.510. The molecule has 1 aromatic rings. The van der Waals surface area contributed by atoms with Gasteiger partial charge in [0, 0.05) is 12.2 Å². The second kappa shape index (κ2) is 7.71. The molecule has 2 heterocycles. The Balaban J connectivity index is 0.00000112. The van der Waals surface area contributed by atoms with Crippen molar-refractivity contribution in [2.24, 2.45) is 0 Å². The van der Waals surface area contributed by atoms with Gasteiger partial charge in [-0.25, -0.2) is 0 Å². The maximum atomic E-state index is 5.79. The van der Waals surface area contributed by atoms with Crippen molar-refractivity contribution in [3.8, 4) is 5.75 Å². The van der Waals surface area contributed by atoms with Crippen LogP contribution in [0.1, 0.15) is 18.5 Å². The molecule has 3 nitrogen and oxygen atoms in total. The molecule has 1 saturated heterocycles. The highest BCUT2D eigenvalue weighted by molar-refractivity contribution is 5.85. The summed E-state index contributed by atoms with van der Waals surface area (Å²) in [7, 11) is 0. The van der Waals surface area contributed by atoms with Gasteiger partial charge in [0.2, 0.25) is 0 Å². The first-order valence-electron chi connectivity index (χ1n) is 5.14. The minimum Gasteiger partial charge on any atom is -0.487 e. The van der Waals surface area contributed by atoms with Crippen LogP contribution in [0.5, 0.6) is 5.75 Å². The third kappa shape index (κ3) is 4.56. The third-order valence-corrected chi connectivity index (χ3v) is 2.44. The van der Waals surface area contributed by atoms with E-state index in [1.807, 2.05) is 19.1 Å². The first-order valence-corrected chi connectivity index (χ1v) is 5.14. The Kier molecular flexibility index (Phi) is 7.47. The van der Waals surface area contributed by atoms with Gasteiger partial charge in [0.25, 0.3) is 0 Å². The topological polar surface area (TPSA) is 34.1 Å². The number of ether oxygens (including phenoxy) is 1. The minimum atomic E-state index is 0. The monoisotopic (exact) mass is 264 g/mol. The number of aromatic nitrogens is 1. The van der Waals surface area contributed by atoms with E-state index in [-0.39, 0.29) is 24.8 Å². The van der Waals surface area contributed by atoms with Crippen molar-refractivity contribution in [1.82, 2.24) is 10.3 Å². The summed E-state index contributed by atoms with van der Waals surface area (Å²) in [4.78, 5) is 4.20. The van der Waals surface area contributed by atoms with Gasteiger partial charge in [-0.1, -0.05) is 0 Å². The molecule has 0 amide bonds. The molecule has 1 N–H and O–H groups in total. The van der Waals surface area contributed by atoms with E-state index in [4.69, 9.17) is 4.74 Å². The number of nitrogens with one attached hydrogen (secondary N) is 1. The van der Waals surface area contributed by atoms with Gasteiger partial charge in [-0.05, 0) is 38.4 Å². The van der Waals surface area contributed by atoms with Crippen molar-refractivity contribution in [3.63, 3.8) is 0 Å². The lowest BCUT2D eigenvalue weighted by Crippen LogP contribution is -2.37. The molecule has 2 rings (SSSR count). The molecule has 0 bridgehead atoms. The van der Waals surface area contributed by atoms with Crippen molar-refractivity contribution >= 4 is 24.8 Å². The molecule has 1 aliphatic heterocycles. The van der Waals surface area contributed by atoms with Crippen LogP contribution < -0.4 is 10.1 Å². The molecule has 0 radical (unpaired) electrons. The fourth-order valence-corrected chi connectivity index (χ4v) is 1.64. The minimum absolute atomic E-state index is 0. The molecule has 0 saturated carbocycles. The zero-order valence-electron chi connectivity index (χ0n) is 9.31. The van der Waals surface area contributed by atoms with Crippen molar-refractivity contribution in [1.29, 1.82) is 0 Å². The van der Waals surface area contributed by atoms with Gasteiger partial charge in [0.15, 0.2) is 0 Å². The van der Waals surface area contributed by atoms with Crippen molar-refractivity contribution < 1.29 is 4.74 Å². The van der Waals surface area contributed by atoms with Gasteiger partial charge in [-0.2, -0.15) is 0 Å². The van der Waals surface area contributed by atoms with Crippen molar-refractivity contribution in [3.05, 3.63) is 24.0 Å². The first kappa shape index (κ1) is 15.5. The maximum absolute atomic E-state index is 5.79. The van der Waals surface area contributed by atoms with Gasteiger partial charge >= 0.3 is 0 Å². The fraction of sp³-hybridized carbons (Fsp3) is 0.545. The van der Waals surface area contributed by atoms with Crippen LogP contribution in [0.4, 0.5) is 0 Å². The summed E-state index contributed by atoms with van der Waals surface area (Å²) >= 11 is 0. The molecule has 16 heavy (non-hydrogen) atoms. The summed E-state index contributed by atoms with van der Waals surface area (Å²) in [6.45, 7) is 4.05. The van der Waals surface area contributed by atoms with Crippen molar-refractivity contribution in [2.75, 3.05) is 13.1 Å². The van der Waals surface area contributed by atoms with Crippen LogP contribution in [-0.4, -0.2) is 24.2 Å². The first-order chi connectivity index (χ1) is 6.84. The average molecular weight is 265 g/mol. The standard InChI is InChI=1S/C11H16N2O.2ClH/c1-9-4-5-11(8-13-9)14-10-3-2-6-12-7-10;;/h4-5,8,10,12H,2-3,6-7H2,1H3;2*1H. The van der Waals surface area contributed by atoms with Gasteiger partial charge in [-0.15, -0.1) is 24.8 Å². The molecule has 1 aliphatic rings. The molecule has 1 unspecified atom stereocenters. The Morgan fingerprint density at radius 1 is 1.38 bits per heavy atom. The number of rotatable bonds is 2. The maximum Gasteiger partial charge on any atom is 0.138 e. The number of hydrogen-bond donors (Lipinski definition) is 1. The Morgan fingerprint density at radius 3 is 2.75 bits per heavy atom. The molecule has 1 atom stereocenters. The van der Waals surface area contributed by atoms with Crippen LogP contribution in [0.15, 0.2) is 18.3 Å². The molecule has 0 aromatic carbocycles.